The Morgan fingerprint density at radius 2 is 2.10 bits per heavy atom. The van der Waals surface area contributed by atoms with Crippen LogP contribution < -0.4 is 5.32 Å². The lowest BCUT2D eigenvalue weighted by Crippen LogP contribution is -2.36. The van der Waals surface area contributed by atoms with E-state index in [1.165, 1.54) is 12.8 Å². The SMILES string of the molecule is Cn1cc(C(=O)NCC(O)C2CCCC2)c(C(C)(C)C)n1. The third-order valence-electron chi connectivity index (χ3n) is 4.20. The number of carbonyl (C=O) groups excluding carboxylic acids is 1. The molecule has 0 spiro atoms. The highest BCUT2D eigenvalue weighted by Crippen LogP contribution is 2.27. The van der Waals surface area contributed by atoms with Gasteiger partial charge in [-0.15, -0.1) is 0 Å². The van der Waals surface area contributed by atoms with Gasteiger partial charge >= 0.3 is 0 Å². The Kier molecular flexibility index (Phi) is 4.71. The zero-order chi connectivity index (χ0) is 15.6. The second-order valence-electron chi connectivity index (χ2n) is 7.14. The van der Waals surface area contributed by atoms with Gasteiger partial charge in [-0.2, -0.15) is 5.10 Å². The second-order valence-corrected chi connectivity index (χ2v) is 7.14. The van der Waals surface area contributed by atoms with Crippen molar-refractivity contribution in [1.82, 2.24) is 15.1 Å². The summed E-state index contributed by atoms with van der Waals surface area (Å²) in [6.45, 7) is 6.44. The highest BCUT2D eigenvalue weighted by molar-refractivity contribution is 5.95. The Morgan fingerprint density at radius 3 is 2.67 bits per heavy atom. The van der Waals surface area contributed by atoms with Gasteiger partial charge < -0.3 is 10.4 Å². The summed E-state index contributed by atoms with van der Waals surface area (Å²) >= 11 is 0. The molecular formula is C16H27N3O2. The number of amides is 1. The number of hydrogen-bond donors (Lipinski definition) is 2. The molecule has 2 N–H and O–H groups in total. The second kappa shape index (κ2) is 6.18. The quantitative estimate of drug-likeness (QED) is 0.892. The van der Waals surface area contributed by atoms with Crippen molar-refractivity contribution in [2.24, 2.45) is 13.0 Å². The zero-order valence-corrected chi connectivity index (χ0v) is 13.5. The average molecular weight is 293 g/mol. The van der Waals surface area contributed by atoms with E-state index in [2.05, 4.69) is 10.4 Å². The molecule has 1 unspecified atom stereocenters. The first-order valence-electron chi connectivity index (χ1n) is 7.79. The first kappa shape index (κ1) is 16.0. The number of nitrogens with zero attached hydrogens (tertiary/aromatic N) is 2. The first-order chi connectivity index (χ1) is 9.79. The van der Waals surface area contributed by atoms with Crippen molar-refractivity contribution in [2.75, 3.05) is 6.54 Å². The molecule has 1 heterocycles. The van der Waals surface area contributed by atoms with E-state index in [9.17, 15) is 9.90 Å². The molecule has 21 heavy (non-hydrogen) atoms. The number of nitrogens with one attached hydrogen (secondary N) is 1. The van der Waals surface area contributed by atoms with Crippen molar-refractivity contribution in [3.63, 3.8) is 0 Å². The molecule has 5 heteroatoms. The van der Waals surface area contributed by atoms with Crippen LogP contribution in [0, 0.1) is 5.92 Å². The smallest absolute Gasteiger partial charge is 0.254 e. The number of aryl methyl sites for hydroxylation is 1. The molecule has 1 atom stereocenters. The molecule has 1 aromatic heterocycles. The maximum absolute atomic E-state index is 12.4. The van der Waals surface area contributed by atoms with Gasteiger partial charge in [0.2, 0.25) is 0 Å². The van der Waals surface area contributed by atoms with Crippen molar-refractivity contribution < 1.29 is 9.90 Å². The van der Waals surface area contributed by atoms with Crippen molar-refractivity contribution in [3.05, 3.63) is 17.5 Å². The summed E-state index contributed by atoms with van der Waals surface area (Å²) in [6.07, 6.45) is 5.82. The third-order valence-corrected chi connectivity index (χ3v) is 4.20. The van der Waals surface area contributed by atoms with E-state index in [4.69, 9.17) is 0 Å². The van der Waals surface area contributed by atoms with Crippen LogP contribution in [-0.2, 0) is 12.5 Å². The van der Waals surface area contributed by atoms with Gasteiger partial charge in [-0.3, -0.25) is 9.48 Å². The van der Waals surface area contributed by atoms with E-state index in [1.54, 1.807) is 10.9 Å². The molecule has 1 fully saturated rings. The lowest BCUT2D eigenvalue weighted by molar-refractivity contribution is 0.0839. The topological polar surface area (TPSA) is 67.2 Å². The number of rotatable bonds is 4. The molecular weight excluding hydrogens is 266 g/mol. The maximum Gasteiger partial charge on any atom is 0.254 e. The summed E-state index contributed by atoms with van der Waals surface area (Å²) in [5.74, 6) is 0.186. The van der Waals surface area contributed by atoms with Gasteiger partial charge in [0.05, 0.1) is 17.4 Å². The van der Waals surface area contributed by atoms with Crippen LogP contribution in [0.25, 0.3) is 0 Å². The molecule has 118 valence electrons. The molecule has 1 saturated carbocycles. The number of aliphatic hydroxyl groups excluding tert-OH is 1. The minimum Gasteiger partial charge on any atom is -0.391 e. The summed E-state index contributed by atoms with van der Waals surface area (Å²) in [7, 11) is 1.82. The molecule has 0 aromatic carbocycles. The molecule has 1 aromatic rings. The minimum atomic E-state index is -0.439. The van der Waals surface area contributed by atoms with Gasteiger partial charge in [0, 0.05) is 25.2 Å². The molecule has 0 radical (unpaired) electrons. The minimum absolute atomic E-state index is 0.148. The van der Waals surface area contributed by atoms with Crippen LogP contribution in [0.5, 0.6) is 0 Å². The van der Waals surface area contributed by atoms with Crippen LogP contribution in [0.15, 0.2) is 6.20 Å². The van der Waals surface area contributed by atoms with Crippen LogP contribution in [-0.4, -0.2) is 33.4 Å². The average Bonchev–Trinajstić information content (AvgIpc) is 3.03. The van der Waals surface area contributed by atoms with Crippen LogP contribution >= 0.6 is 0 Å². The predicted octanol–water partition coefficient (Wildman–Crippen LogP) is 2.00. The predicted molar refractivity (Wildman–Crippen MR) is 82.2 cm³/mol. The normalized spacial score (nSPS) is 18.0. The number of aliphatic hydroxyl groups is 1. The lowest BCUT2D eigenvalue weighted by Gasteiger charge is -2.19. The largest absolute Gasteiger partial charge is 0.391 e. The Morgan fingerprint density at radius 1 is 1.48 bits per heavy atom. The van der Waals surface area contributed by atoms with Gasteiger partial charge in [0.25, 0.3) is 5.91 Å². The number of carbonyl (C=O) groups is 1. The lowest BCUT2D eigenvalue weighted by atomic mass is 9.89. The molecule has 0 aliphatic heterocycles. The van der Waals surface area contributed by atoms with Crippen LogP contribution in [0.2, 0.25) is 0 Å². The van der Waals surface area contributed by atoms with Gasteiger partial charge in [0.1, 0.15) is 0 Å². The fraction of sp³-hybridized carbons (Fsp3) is 0.750. The van der Waals surface area contributed by atoms with Gasteiger partial charge in [-0.1, -0.05) is 33.6 Å². The molecule has 1 aliphatic rings. The molecule has 5 nitrogen and oxygen atoms in total. The Bertz CT molecular complexity index is 496. The third kappa shape index (κ3) is 3.84. The number of hydrogen-bond acceptors (Lipinski definition) is 3. The molecule has 0 bridgehead atoms. The van der Waals surface area contributed by atoms with Gasteiger partial charge in [-0.25, -0.2) is 0 Å². The van der Waals surface area contributed by atoms with E-state index in [0.717, 1.165) is 18.5 Å². The van der Waals surface area contributed by atoms with Gasteiger partial charge in [-0.05, 0) is 18.8 Å². The van der Waals surface area contributed by atoms with Crippen molar-refractivity contribution in [2.45, 2.75) is 58.0 Å². The molecule has 1 amide bonds. The van der Waals surface area contributed by atoms with E-state index >= 15 is 0 Å². The summed E-state index contributed by atoms with van der Waals surface area (Å²) in [6, 6.07) is 0. The Hall–Kier alpha value is -1.36. The van der Waals surface area contributed by atoms with E-state index in [0.29, 0.717) is 18.0 Å². The fourth-order valence-electron chi connectivity index (χ4n) is 3.01. The van der Waals surface area contributed by atoms with E-state index in [-0.39, 0.29) is 11.3 Å². The van der Waals surface area contributed by atoms with Crippen LogP contribution in [0.1, 0.15) is 62.5 Å². The van der Waals surface area contributed by atoms with Crippen LogP contribution in [0.3, 0.4) is 0 Å². The van der Waals surface area contributed by atoms with Crippen molar-refractivity contribution in [1.29, 1.82) is 0 Å². The fourth-order valence-corrected chi connectivity index (χ4v) is 3.01. The van der Waals surface area contributed by atoms with Crippen molar-refractivity contribution in [3.8, 4) is 0 Å². The van der Waals surface area contributed by atoms with Gasteiger partial charge in [0.15, 0.2) is 0 Å². The highest BCUT2D eigenvalue weighted by atomic mass is 16.3. The first-order valence-corrected chi connectivity index (χ1v) is 7.79. The summed E-state index contributed by atoms with van der Waals surface area (Å²) in [5, 5.41) is 17.4. The summed E-state index contributed by atoms with van der Waals surface area (Å²) in [4.78, 5) is 12.4. The Balaban J connectivity index is 2.00. The maximum atomic E-state index is 12.4. The summed E-state index contributed by atoms with van der Waals surface area (Å²) in [5.41, 5.74) is 1.21. The van der Waals surface area contributed by atoms with Crippen molar-refractivity contribution >= 4 is 5.91 Å². The zero-order valence-electron chi connectivity index (χ0n) is 13.5. The number of aromatic nitrogens is 2. The van der Waals surface area contributed by atoms with E-state index < -0.39 is 6.10 Å². The van der Waals surface area contributed by atoms with E-state index in [1.807, 2.05) is 27.8 Å². The summed E-state index contributed by atoms with van der Waals surface area (Å²) < 4.78 is 1.67. The monoisotopic (exact) mass is 293 g/mol. The molecule has 1 aliphatic carbocycles. The molecule has 2 rings (SSSR count). The highest BCUT2D eigenvalue weighted by Gasteiger charge is 2.27. The van der Waals surface area contributed by atoms with Crippen LogP contribution in [0.4, 0.5) is 0 Å². The standard InChI is InChI=1S/C16H27N3O2/c1-16(2,3)14-12(10-19(4)18-14)15(21)17-9-13(20)11-7-5-6-8-11/h10-11,13,20H,5-9H2,1-4H3,(H,17,21). The Labute approximate surface area is 126 Å². The molecule has 0 saturated heterocycles.